The summed E-state index contributed by atoms with van der Waals surface area (Å²) in [6.07, 6.45) is -0.489. The first-order chi connectivity index (χ1) is 8.71. The van der Waals surface area contributed by atoms with Crippen molar-refractivity contribution >= 4 is 18.7 Å². The van der Waals surface area contributed by atoms with E-state index in [0.29, 0.717) is 18.6 Å². The normalized spacial score (nSPS) is 9.94. The van der Waals surface area contributed by atoms with Gasteiger partial charge in [0.2, 0.25) is 0 Å². The van der Waals surface area contributed by atoms with Gasteiger partial charge in [-0.25, -0.2) is 4.79 Å². The third-order valence-corrected chi connectivity index (χ3v) is 2.16. The van der Waals surface area contributed by atoms with E-state index >= 15 is 0 Å². The molecule has 0 aliphatic rings. The van der Waals surface area contributed by atoms with Gasteiger partial charge in [0.15, 0.2) is 0 Å². The van der Waals surface area contributed by atoms with Crippen LogP contribution in [-0.4, -0.2) is 30.3 Å². The predicted octanol–water partition coefficient (Wildman–Crippen LogP) is 0.607. The smallest absolute Gasteiger partial charge is 0.450 e. The Balaban J connectivity index is 2.52. The van der Waals surface area contributed by atoms with Gasteiger partial charge in [0.1, 0.15) is 0 Å². The zero-order valence-corrected chi connectivity index (χ0v) is 9.83. The molecule has 0 aliphatic heterocycles. The third-order valence-electron chi connectivity index (χ3n) is 2.16. The van der Waals surface area contributed by atoms with Crippen LogP contribution in [-0.2, 0) is 20.9 Å². The molecule has 7 nitrogen and oxygen atoms in total. The molecule has 0 bridgehead atoms. The summed E-state index contributed by atoms with van der Waals surface area (Å²) >= 11 is 0. The number of alkyl carbamates (subject to hydrolysis) is 1. The number of hydrogen-bond donors (Lipinski definition) is 3. The van der Waals surface area contributed by atoms with Crippen molar-refractivity contribution in [1.29, 1.82) is 0 Å². The van der Waals surface area contributed by atoms with Crippen molar-refractivity contribution in [2.24, 2.45) is 0 Å². The zero-order chi connectivity index (χ0) is 13.4. The van der Waals surface area contributed by atoms with Gasteiger partial charge in [-0.3, -0.25) is 20.1 Å². The molecule has 0 atom stereocenters. The maximum absolute atomic E-state index is 11.0. The van der Waals surface area contributed by atoms with Crippen LogP contribution in [0.1, 0.15) is 12.5 Å². The SMILES string of the molecule is CCOC(=O)NCc1ccc(B(OO)OO)cc1. The van der Waals surface area contributed by atoms with Crippen molar-refractivity contribution in [2.45, 2.75) is 13.5 Å². The quantitative estimate of drug-likeness (QED) is 0.391. The monoisotopic (exact) mass is 255 g/mol. The summed E-state index contributed by atoms with van der Waals surface area (Å²) < 4.78 is 4.70. The largest absolute Gasteiger partial charge is 0.554 e. The van der Waals surface area contributed by atoms with Gasteiger partial charge in [0, 0.05) is 6.54 Å². The zero-order valence-electron chi connectivity index (χ0n) is 9.83. The Bertz CT molecular complexity index is 367. The minimum absolute atomic E-state index is 0.309. The van der Waals surface area contributed by atoms with Crippen molar-refractivity contribution < 1.29 is 29.7 Å². The molecule has 0 aromatic heterocycles. The molecule has 0 spiro atoms. The van der Waals surface area contributed by atoms with E-state index in [2.05, 4.69) is 14.9 Å². The number of benzene rings is 1. The number of carbonyl (C=O) groups is 1. The molecule has 0 radical (unpaired) electrons. The molecule has 98 valence electrons. The topological polar surface area (TPSA) is 97.3 Å². The fraction of sp³-hybridized carbons (Fsp3) is 0.300. The lowest BCUT2D eigenvalue weighted by Crippen LogP contribution is -2.35. The Kier molecular flexibility index (Phi) is 6.16. The van der Waals surface area contributed by atoms with Crippen LogP contribution in [0.4, 0.5) is 4.79 Å². The van der Waals surface area contributed by atoms with Gasteiger partial charge >= 0.3 is 13.2 Å². The van der Waals surface area contributed by atoms with Crippen LogP contribution in [0.5, 0.6) is 0 Å². The number of carbonyl (C=O) groups excluding carboxylic acids is 1. The Morgan fingerprint density at radius 3 is 2.39 bits per heavy atom. The summed E-state index contributed by atoms with van der Waals surface area (Å²) in [5, 5.41) is 19.4. The van der Waals surface area contributed by atoms with E-state index in [-0.39, 0.29) is 0 Å². The molecule has 1 amide bonds. The first-order valence-electron chi connectivity index (χ1n) is 5.31. The maximum atomic E-state index is 11.0. The average Bonchev–Trinajstić information content (AvgIpc) is 2.39. The van der Waals surface area contributed by atoms with Gasteiger partial charge in [0.05, 0.1) is 6.61 Å². The van der Waals surface area contributed by atoms with Crippen LogP contribution in [0.3, 0.4) is 0 Å². The van der Waals surface area contributed by atoms with E-state index in [0.717, 1.165) is 5.56 Å². The van der Waals surface area contributed by atoms with E-state index < -0.39 is 13.2 Å². The van der Waals surface area contributed by atoms with Gasteiger partial charge in [-0.2, -0.15) is 0 Å². The summed E-state index contributed by atoms with van der Waals surface area (Å²) in [4.78, 5) is 18.8. The second-order valence-corrected chi connectivity index (χ2v) is 3.36. The van der Waals surface area contributed by atoms with Crippen molar-refractivity contribution in [2.75, 3.05) is 6.61 Å². The summed E-state index contributed by atoms with van der Waals surface area (Å²) in [6.45, 7) is 2.34. The average molecular weight is 255 g/mol. The third kappa shape index (κ3) is 4.34. The van der Waals surface area contributed by atoms with Gasteiger partial charge in [-0.05, 0) is 17.9 Å². The first kappa shape index (κ1) is 14.5. The Labute approximate surface area is 104 Å². The number of hydrogen-bond acceptors (Lipinski definition) is 6. The Morgan fingerprint density at radius 2 is 1.89 bits per heavy atom. The summed E-state index contributed by atoms with van der Waals surface area (Å²) in [5.74, 6) is 0. The first-order valence-corrected chi connectivity index (χ1v) is 5.31. The maximum Gasteiger partial charge on any atom is 0.554 e. The van der Waals surface area contributed by atoms with Crippen LogP contribution in [0.15, 0.2) is 24.3 Å². The van der Waals surface area contributed by atoms with Crippen LogP contribution >= 0.6 is 0 Å². The molecule has 0 unspecified atom stereocenters. The highest BCUT2D eigenvalue weighted by atomic mass is 17.2. The molecular weight excluding hydrogens is 241 g/mol. The summed E-state index contributed by atoms with van der Waals surface area (Å²) in [7, 11) is -1.25. The lowest BCUT2D eigenvalue weighted by atomic mass is 9.80. The van der Waals surface area contributed by atoms with Crippen LogP contribution in [0.2, 0.25) is 0 Å². The molecule has 0 aliphatic carbocycles. The molecule has 8 heteroatoms. The highest BCUT2D eigenvalue weighted by Crippen LogP contribution is 1.98. The van der Waals surface area contributed by atoms with Gasteiger partial charge in [-0.15, -0.1) is 0 Å². The van der Waals surface area contributed by atoms with Crippen LogP contribution < -0.4 is 10.8 Å². The fourth-order valence-electron chi connectivity index (χ4n) is 1.29. The van der Waals surface area contributed by atoms with Crippen molar-refractivity contribution in [3.8, 4) is 0 Å². The standard InChI is InChI=1S/C10H14BNO6/c1-2-16-10(13)12-7-8-3-5-9(6-4-8)11(17-14)18-15/h3-6,14-15H,2,7H2,1H3,(H,12,13). The van der Waals surface area contributed by atoms with Gasteiger partial charge in [-0.1, -0.05) is 24.3 Å². The molecule has 0 fully saturated rings. The van der Waals surface area contributed by atoms with E-state index in [1.807, 2.05) is 0 Å². The molecule has 0 heterocycles. The minimum Gasteiger partial charge on any atom is -0.450 e. The molecule has 0 saturated carbocycles. The Morgan fingerprint density at radius 1 is 1.28 bits per heavy atom. The Hall–Kier alpha value is -1.61. The van der Waals surface area contributed by atoms with E-state index in [1.165, 1.54) is 0 Å². The van der Waals surface area contributed by atoms with E-state index in [1.54, 1.807) is 31.2 Å². The van der Waals surface area contributed by atoms with Crippen molar-refractivity contribution in [3.05, 3.63) is 29.8 Å². The van der Waals surface area contributed by atoms with E-state index in [4.69, 9.17) is 15.3 Å². The highest BCUT2D eigenvalue weighted by Gasteiger charge is 2.21. The second-order valence-electron chi connectivity index (χ2n) is 3.36. The minimum atomic E-state index is -1.25. The number of amides is 1. The summed E-state index contributed by atoms with van der Waals surface area (Å²) in [6, 6.07) is 6.54. The lowest BCUT2D eigenvalue weighted by molar-refractivity contribution is -0.221. The molecule has 0 saturated heterocycles. The van der Waals surface area contributed by atoms with Crippen LogP contribution in [0.25, 0.3) is 0 Å². The second kappa shape index (κ2) is 7.67. The molecule has 1 aromatic rings. The van der Waals surface area contributed by atoms with Gasteiger partial charge in [0.25, 0.3) is 0 Å². The molecular formula is C10H14BNO6. The molecule has 18 heavy (non-hydrogen) atoms. The number of rotatable bonds is 6. The molecule has 3 N–H and O–H groups in total. The lowest BCUT2D eigenvalue weighted by Gasteiger charge is -2.07. The van der Waals surface area contributed by atoms with Crippen LogP contribution in [0, 0.1) is 0 Å². The van der Waals surface area contributed by atoms with E-state index in [9.17, 15) is 4.79 Å². The fourth-order valence-corrected chi connectivity index (χ4v) is 1.29. The molecule has 1 rings (SSSR count). The molecule has 1 aromatic carbocycles. The van der Waals surface area contributed by atoms with Gasteiger partial charge < -0.3 is 10.1 Å². The number of nitrogens with one attached hydrogen (secondary N) is 1. The summed E-state index contributed by atoms with van der Waals surface area (Å²) in [5.41, 5.74) is 1.25. The van der Waals surface area contributed by atoms with Crippen molar-refractivity contribution in [3.63, 3.8) is 0 Å². The highest BCUT2D eigenvalue weighted by molar-refractivity contribution is 6.60. The number of ether oxygens (including phenoxy) is 1. The van der Waals surface area contributed by atoms with Crippen molar-refractivity contribution in [1.82, 2.24) is 5.32 Å². The predicted molar refractivity (Wildman–Crippen MR) is 63.1 cm³/mol.